The Labute approximate surface area is 117 Å². The first-order valence-electron chi connectivity index (χ1n) is 6.33. The van der Waals surface area contributed by atoms with Gasteiger partial charge in [0.2, 0.25) is 0 Å². The molecule has 0 spiro atoms. The van der Waals surface area contributed by atoms with Gasteiger partial charge in [-0.25, -0.2) is 4.79 Å². The van der Waals surface area contributed by atoms with E-state index < -0.39 is 24.0 Å². The third kappa shape index (κ3) is 4.12. The number of esters is 1. The lowest BCUT2D eigenvalue weighted by atomic mass is 10.0. The number of hydrogen-bond donors (Lipinski definition) is 3. The molecule has 20 heavy (non-hydrogen) atoms. The summed E-state index contributed by atoms with van der Waals surface area (Å²) in [5.74, 6) is -1.64. The zero-order valence-corrected chi connectivity index (χ0v) is 11.5. The van der Waals surface area contributed by atoms with Crippen LogP contribution in [0.4, 0.5) is 0 Å². The van der Waals surface area contributed by atoms with E-state index in [2.05, 4.69) is 10.1 Å². The summed E-state index contributed by atoms with van der Waals surface area (Å²) in [5, 5.41) is 22.3. The van der Waals surface area contributed by atoms with Gasteiger partial charge in [0.25, 0.3) is 5.78 Å². The van der Waals surface area contributed by atoms with Crippen LogP contribution >= 0.6 is 0 Å². The zero-order valence-electron chi connectivity index (χ0n) is 11.5. The molecule has 0 aliphatic carbocycles. The zero-order chi connectivity index (χ0) is 15.1. The lowest BCUT2D eigenvalue weighted by Crippen LogP contribution is -2.29. The number of aliphatic hydroxyl groups is 2. The van der Waals surface area contributed by atoms with Gasteiger partial charge in [0.1, 0.15) is 6.10 Å². The number of rotatable bonds is 7. The molecule has 0 aliphatic heterocycles. The average Bonchev–Trinajstić information content (AvgIpc) is 2.46. The second-order valence-corrected chi connectivity index (χ2v) is 4.24. The molecule has 0 aliphatic rings. The number of nitrogens with one attached hydrogen (secondary N) is 1. The molecule has 0 bridgehead atoms. The number of ether oxygens (including phenoxy) is 1. The first kappa shape index (κ1) is 16.3. The van der Waals surface area contributed by atoms with Crippen molar-refractivity contribution in [3.63, 3.8) is 0 Å². The van der Waals surface area contributed by atoms with E-state index in [0.717, 1.165) is 0 Å². The van der Waals surface area contributed by atoms with Crippen molar-refractivity contribution in [2.45, 2.75) is 19.1 Å². The van der Waals surface area contributed by atoms with Gasteiger partial charge in [-0.2, -0.15) is 0 Å². The highest BCUT2D eigenvalue weighted by molar-refractivity contribution is 6.40. The molecular formula is C14H19NO5. The van der Waals surface area contributed by atoms with Crippen molar-refractivity contribution in [1.29, 1.82) is 0 Å². The fourth-order valence-corrected chi connectivity index (χ4v) is 1.69. The summed E-state index contributed by atoms with van der Waals surface area (Å²) in [6.07, 6.45) is -2.01. The number of ketones is 1. The molecule has 0 fully saturated rings. The van der Waals surface area contributed by atoms with Crippen LogP contribution in [-0.2, 0) is 9.53 Å². The maximum Gasteiger partial charge on any atom is 0.379 e. The molecule has 3 N–H and O–H groups in total. The van der Waals surface area contributed by atoms with Crippen LogP contribution in [0.15, 0.2) is 24.3 Å². The van der Waals surface area contributed by atoms with Crippen LogP contribution in [0.1, 0.15) is 28.9 Å². The number of carbonyl (C=O) groups is 2. The first-order chi connectivity index (χ1) is 9.51. The predicted molar refractivity (Wildman–Crippen MR) is 72.3 cm³/mol. The van der Waals surface area contributed by atoms with E-state index in [4.69, 9.17) is 0 Å². The van der Waals surface area contributed by atoms with E-state index >= 15 is 0 Å². The van der Waals surface area contributed by atoms with Crippen molar-refractivity contribution in [1.82, 2.24) is 5.32 Å². The predicted octanol–water partition coefficient (Wildman–Crippen LogP) is 0.0461. The Bertz CT molecular complexity index is 457. The molecule has 2 unspecified atom stereocenters. The van der Waals surface area contributed by atoms with Gasteiger partial charge in [-0.15, -0.1) is 0 Å². The molecular weight excluding hydrogens is 262 g/mol. The fraction of sp³-hybridized carbons (Fsp3) is 0.429. The Balaban J connectivity index is 2.78. The summed E-state index contributed by atoms with van der Waals surface area (Å²) >= 11 is 0. The fourth-order valence-electron chi connectivity index (χ4n) is 1.69. The highest BCUT2D eigenvalue weighted by atomic mass is 16.5. The number of carbonyl (C=O) groups excluding carboxylic acids is 2. The quantitative estimate of drug-likeness (QED) is 0.371. The first-order valence-corrected chi connectivity index (χ1v) is 6.33. The summed E-state index contributed by atoms with van der Waals surface area (Å²) in [5.41, 5.74) is 0.649. The van der Waals surface area contributed by atoms with Crippen LogP contribution in [0.2, 0.25) is 0 Å². The minimum Gasteiger partial charge on any atom is -0.460 e. The minimum atomic E-state index is -1.06. The van der Waals surface area contributed by atoms with Crippen LogP contribution < -0.4 is 5.32 Å². The number of aliphatic hydroxyl groups excluding tert-OH is 2. The van der Waals surface area contributed by atoms with Gasteiger partial charge in [-0.05, 0) is 19.5 Å². The van der Waals surface area contributed by atoms with Crippen LogP contribution in [0.3, 0.4) is 0 Å². The molecule has 0 saturated carbocycles. The van der Waals surface area contributed by atoms with Crippen molar-refractivity contribution in [3.05, 3.63) is 35.4 Å². The molecule has 6 nitrogen and oxygen atoms in total. The molecule has 0 heterocycles. The van der Waals surface area contributed by atoms with E-state index in [0.29, 0.717) is 5.56 Å². The van der Waals surface area contributed by atoms with Gasteiger partial charge in [0.15, 0.2) is 0 Å². The molecule has 0 radical (unpaired) electrons. The smallest absolute Gasteiger partial charge is 0.379 e. The number of hydrogen-bond acceptors (Lipinski definition) is 6. The summed E-state index contributed by atoms with van der Waals surface area (Å²) in [6.45, 7) is 2.00. The summed E-state index contributed by atoms with van der Waals surface area (Å²) in [6, 6.07) is 5.83. The Morgan fingerprint density at radius 1 is 1.25 bits per heavy atom. The molecule has 0 amide bonds. The lowest BCUT2D eigenvalue weighted by molar-refractivity contribution is -0.137. The second-order valence-electron chi connectivity index (χ2n) is 4.24. The van der Waals surface area contributed by atoms with E-state index in [-0.39, 0.29) is 18.7 Å². The van der Waals surface area contributed by atoms with Crippen LogP contribution in [-0.4, -0.2) is 48.3 Å². The summed E-state index contributed by atoms with van der Waals surface area (Å²) in [4.78, 5) is 22.9. The van der Waals surface area contributed by atoms with Gasteiger partial charge in [-0.1, -0.05) is 24.3 Å². The van der Waals surface area contributed by atoms with Crippen molar-refractivity contribution >= 4 is 11.8 Å². The largest absolute Gasteiger partial charge is 0.460 e. The van der Waals surface area contributed by atoms with Crippen molar-refractivity contribution in [3.8, 4) is 0 Å². The minimum absolute atomic E-state index is 0.136. The summed E-state index contributed by atoms with van der Waals surface area (Å²) in [7, 11) is 1.66. The van der Waals surface area contributed by atoms with Crippen LogP contribution in [0.5, 0.6) is 0 Å². The Kier molecular flexibility index (Phi) is 6.30. The van der Waals surface area contributed by atoms with Crippen molar-refractivity contribution in [2.75, 3.05) is 20.2 Å². The maximum absolute atomic E-state index is 11.7. The van der Waals surface area contributed by atoms with E-state index in [1.165, 1.54) is 24.3 Å². The molecule has 1 aromatic rings. The molecule has 1 aromatic carbocycles. The van der Waals surface area contributed by atoms with Gasteiger partial charge in [0.05, 0.1) is 12.7 Å². The Morgan fingerprint density at radius 3 is 2.35 bits per heavy atom. The molecule has 110 valence electrons. The van der Waals surface area contributed by atoms with Crippen molar-refractivity contribution in [2.24, 2.45) is 0 Å². The maximum atomic E-state index is 11.7. The average molecular weight is 281 g/mol. The van der Waals surface area contributed by atoms with Gasteiger partial charge in [-0.3, -0.25) is 4.79 Å². The standard InChI is InChI=1S/C14H19NO5/c1-3-20-14(19)13(18)10-6-4-9(5-7-10)12(17)11(16)8-15-2/h4-7,11-12,15-17H,3,8H2,1-2H3. The van der Waals surface area contributed by atoms with Crippen molar-refractivity contribution < 1.29 is 24.5 Å². The SMILES string of the molecule is CCOC(=O)C(=O)c1ccc(C(O)C(O)CNC)cc1. The van der Waals surface area contributed by atoms with Gasteiger partial charge < -0.3 is 20.3 Å². The van der Waals surface area contributed by atoms with Crippen LogP contribution in [0.25, 0.3) is 0 Å². The highest BCUT2D eigenvalue weighted by Gasteiger charge is 2.20. The second kappa shape index (κ2) is 7.74. The van der Waals surface area contributed by atoms with Crippen LogP contribution in [0, 0.1) is 0 Å². The Hall–Kier alpha value is -1.76. The highest BCUT2D eigenvalue weighted by Crippen LogP contribution is 2.17. The molecule has 2 atom stereocenters. The molecule has 0 saturated heterocycles. The number of Topliss-reactive ketones (excluding diaryl/α,β-unsaturated/α-hetero) is 1. The Morgan fingerprint density at radius 2 is 1.85 bits per heavy atom. The molecule has 0 aromatic heterocycles. The molecule has 6 heteroatoms. The van der Waals surface area contributed by atoms with Gasteiger partial charge in [0, 0.05) is 12.1 Å². The van der Waals surface area contributed by atoms with E-state index in [1.807, 2.05) is 0 Å². The lowest BCUT2D eigenvalue weighted by Gasteiger charge is -2.17. The number of benzene rings is 1. The molecule has 1 rings (SSSR count). The third-order valence-electron chi connectivity index (χ3n) is 2.75. The van der Waals surface area contributed by atoms with E-state index in [1.54, 1.807) is 14.0 Å². The third-order valence-corrected chi connectivity index (χ3v) is 2.75. The normalized spacial score (nSPS) is 13.6. The monoisotopic (exact) mass is 281 g/mol. The van der Waals surface area contributed by atoms with E-state index in [9.17, 15) is 19.8 Å². The summed E-state index contributed by atoms with van der Waals surface area (Å²) < 4.78 is 4.62. The topological polar surface area (TPSA) is 95.9 Å². The van der Waals surface area contributed by atoms with Gasteiger partial charge >= 0.3 is 5.97 Å². The number of likely N-dealkylation sites (N-methyl/N-ethyl adjacent to an activating group) is 1.